The molecule has 648 valence electrons. The van der Waals surface area contributed by atoms with Crippen molar-refractivity contribution in [2.24, 2.45) is 28.1 Å². The van der Waals surface area contributed by atoms with Crippen molar-refractivity contribution in [3.05, 3.63) is 240 Å². The average molecular weight is 1800 g/mol. The lowest BCUT2D eigenvalue weighted by atomic mass is 9.81. The van der Waals surface area contributed by atoms with Crippen molar-refractivity contribution < 1.29 is 28.7 Å². The molecule has 0 radical (unpaired) electrons. The van der Waals surface area contributed by atoms with Crippen molar-refractivity contribution in [2.45, 2.75) is 210 Å². The second-order valence-corrected chi connectivity index (χ2v) is 49.1. The highest BCUT2D eigenvalue weighted by Crippen LogP contribution is 2.56. The summed E-state index contributed by atoms with van der Waals surface area (Å²) in [6.07, 6.45) is 33.0. The van der Waals surface area contributed by atoms with E-state index < -0.39 is 39.8 Å². The molecule has 9 aromatic carbocycles. The molecule has 4 aliphatic heterocycles. The van der Waals surface area contributed by atoms with Gasteiger partial charge in [-0.1, -0.05) is 260 Å². The maximum atomic E-state index is 15.9. The van der Waals surface area contributed by atoms with Crippen molar-refractivity contribution in [3.63, 3.8) is 0 Å². The number of rotatable bonds is 35. The molecule has 4 atom stereocenters. The number of nitrogens with one attached hydrogen (secondary N) is 1. The number of amides is 4. The van der Waals surface area contributed by atoms with Crippen molar-refractivity contribution in [1.82, 2.24) is 0 Å². The molecule has 13 aromatic rings. The summed E-state index contributed by atoms with van der Waals surface area (Å²) in [6, 6.07) is 56.9. The Hall–Kier alpha value is -9.96. The monoisotopic (exact) mass is 1800 g/mol. The van der Waals surface area contributed by atoms with Crippen molar-refractivity contribution in [2.75, 3.05) is 9.80 Å². The third kappa shape index (κ3) is 15.6. The van der Waals surface area contributed by atoms with Crippen molar-refractivity contribution in [3.8, 4) is 42.5 Å². The number of allylic oxidation sites excluding steroid dienone is 5. The van der Waals surface area contributed by atoms with E-state index in [0.29, 0.717) is 129 Å². The highest BCUT2D eigenvalue weighted by atomic mass is 32.1. The van der Waals surface area contributed by atoms with Crippen LogP contribution in [0.4, 0.5) is 11.4 Å². The van der Waals surface area contributed by atoms with Crippen molar-refractivity contribution >= 4 is 214 Å². The fourth-order valence-electron chi connectivity index (χ4n) is 21.6. The Morgan fingerprint density at radius 1 is 0.409 bits per heavy atom. The topological polar surface area (TPSA) is 129 Å². The van der Waals surface area contributed by atoms with Gasteiger partial charge < -0.3 is 9.47 Å². The Labute approximate surface area is 772 Å². The van der Waals surface area contributed by atoms with Gasteiger partial charge in [0.1, 0.15) is 44.9 Å². The molecule has 1 aliphatic carbocycles. The number of thiophene rings is 4. The van der Waals surface area contributed by atoms with E-state index in [1.807, 2.05) is 163 Å². The van der Waals surface area contributed by atoms with E-state index >= 15 is 19.2 Å². The van der Waals surface area contributed by atoms with E-state index in [9.17, 15) is 5.41 Å². The molecular weight excluding hydrogens is 1690 g/mol. The summed E-state index contributed by atoms with van der Waals surface area (Å²) in [5, 5.41) is 21.7. The fraction of sp³-hybridized carbons (Fsp3) is 0.327. The Balaban J connectivity index is 0.709. The van der Waals surface area contributed by atoms with Crippen LogP contribution < -0.4 is 40.0 Å². The van der Waals surface area contributed by atoms with Gasteiger partial charge in [-0.2, -0.15) is 0 Å². The number of ether oxygens (including phenoxy) is 2. The molecule has 17 heteroatoms. The molecule has 4 aromatic heterocycles. The summed E-state index contributed by atoms with van der Waals surface area (Å²) in [4.78, 5) is 75.1. The number of anilines is 2. The van der Waals surface area contributed by atoms with Gasteiger partial charge in [0.05, 0.1) is 28.2 Å². The first-order chi connectivity index (χ1) is 61.7. The molecule has 5 aliphatic rings. The summed E-state index contributed by atoms with van der Waals surface area (Å²) in [6.45, 7) is 27.2. The van der Waals surface area contributed by atoms with Crippen LogP contribution in [0.5, 0.6) is 23.0 Å². The first-order valence-corrected chi connectivity index (χ1v) is 55.1. The average Bonchev–Trinajstić information content (AvgIpc) is 1.68. The number of nitrogens with zero attached hydrogens (tertiary/aromatic N) is 3. The predicted molar refractivity (Wildman–Crippen MR) is 552 cm³/mol. The molecule has 8 heterocycles. The van der Waals surface area contributed by atoms with Crippen molar-refractivity contribution in [1.29, 1.82) is 5.41 Å². The standard InChI is InChI=1S/C110H114N4O6S5Si2/c1-13-22-27-68(18-6)61-126(62-69(19-7)28-23-14-2)91-55-77(26-17-5)122-103(91)106-94(126)60-90(125-106)80-50-49-79(101(111)102(80)112-121)89-59-93-105(124-89)104-92(127(93,63-70(20-8)29-24-15-3)64-71(21-9)30-25-16-4)56-78(123-104)48-39-72-37-42-74(43-38-72)114-108(116)84-54-52-82-97-87(119-75-44-33-66(11)34-45-75)57-85-95-83(107(115)113(109(85)117)73-40-31-65(10)32-41-73)53-51-81(99(95)97)98-88(120-76-46-35-67(12)36-47-76)58-86(110(114)118)96(84)100(82)98/h17,26,31-60,68-71,111,121H,13-16,18-25,27-30,61-64H2,1-12H3/b26-17+,48-39+,111-101?,112-102-. The summed E-state index contributed by atoms with van der Waals surface area (Å²) in [5.74, 6) is 2.44. The Morgan fingerprint density at radius 3 is 1.17 bits per heavy atom. The number of hydrogen-bond donors (Lipinski definition) is 2. The fourth-order valence-corrected chi connectivity index (χ4v) is 42.5. The number of imide groups is 2. The summed E-state index contributed by atoms with van der Waals surface area (Å²) >= 11 is 12.6. The smallest absolute Gasteiger partial charge is 0.266 e. The highest BCUT2D eigenvalue weighted by molar-refractivity contribution is 7.79. The second kappa shape index (κ2) is 36.5. The zero-order valence-corrected chi connectivity index (χ0v) is 81.5. The number of carbonyl (C=O) groups is 4. The van der Waals surface area contributed by atoms with Crippen LogP contribution in [0.15, 0.2) is 180 Å². The van der Waals surface area contributed by atoms with Gasteiger partial charge in [0.15, 0.2) is 0 Å². The number of aryl methyl sites for hydroxylation is 3. The number of fused-ring (bicyclic) bond motifs is 8. The van der Waals surface area contributed by atoms with Crippen LogP contribution in [0, 0.1) is 49.9 Å². The van der Waals surface area contributed by atoms with Crippen LogP contribution in [0.25, 0.3) is 92.0 Å². The Kier molecular flexibility index (Phi) is 25.2. The lowest BCUT2D eigenvalue weighted by Gasteiger charge is -2.35. The maximum Gasteiger partial charge on any atom is 0.266 e. The quantitative estimate of drug-likeness (QED) is 0.0102. The van der Waals surface area contributed by atoms with Crippen LogP contribution in [0.3, 0.4) is 0 Å². The largest absolute Gasteiger partial charge is 0.457 e. The maximum absolute atomic E-state index is 15.9. The molecular formula is C110H114N4O6S5Si2. The molecule has 4 amide bonds. The molecule has 0 bridgehead atoms. The first kappa shape index (κ1) is 87.7. The van der Waals surface area contributed by atoms with Gasteiger partial charge in [-0.3, -0.25) is 24.6 Å². The highest BCUT2D eigenvalue weighted by Gasteiger charge is 2.53. The first-order valence-electron chi connectivity index (χ1n) is 46.6. The molecule has 4 unspecified atom stereocenters. The van der Waals surface area contributed by atoms with Crippen LogP contribution in [-0.2, 0) is 0 Å². The minimum atomic E-state index is -2.53. The van der Waals surface area contributed by atoms with Gasteiger partial charge >= 0.3 is 0 Å². The molecule has 10 nitrogen and oxygen atoms in total. The van der Waals surface area contributed by atoms with E-state index in [0.717, 1.165) is 51.1 Å². The van der Waals surface area contributed by atoms with E-state index in [1.165, 1.54) is 158 Å². The summed E-state index contributed by atoms with van der Waals surface area (Å²) in [7, 11) is -4.83. The zero-order chi connectivity index (χ0) is 88.4. The van der Waals surface area contributed by atoms with Gasteiger partial charge in [-0.05, 0) is 235 Å². The third-order valence-corrected chi connectivity index (χ3v) is 45.0. The van der Waals surface area contributed by atoms with Gasteiger partial charge in [0.25, 0.3) is 23.6 Å². The SMILES string of the molecule is C/C=C/c1cc2c(s1)-c1sc(C3=CC=C(c4cc5c(s4)-c4sc(/C=C/c6ccc(N7C(=O)c8ccc9c%10c(Oc%11ccc(C)cc%11)cc%11c%12c(ccc(c%13c(Oc%14ccc(C)cc%14)cc(c8c9%13)C7=O)c%12%10)C(=O)N(c7ccc(C)cc7)C%11=O)cc6)cc4[Si]5(CC(CC)CCCC)CC(CC)CCCC)C(=N)/C3=N\S)cc1[Si]2(CC(CC)CCCC)CC(CC)CCCC. The summed E-state index contributed by atoms with van der Waals surface area (Å²) in [5.41, 5.74) is 9.21. The normalized spacial score (nSPS) is 17.8. The lowest BCUT2D eigenvalue weighted by Crippen LogP contribution is -2.56. The van der Waals surface area contributed by atoms with Crippen LogP contribution in [0.2, 0.25) is 24.2 Å². The van der Waals surface area contributed by atoms with E-state index in [1.54, 1.807) is 57.1 Å². The number of unbranched alkanes of at least 4 members (excludes halogenated alkanes) is 4. The molecule has 1 N–H and O–H groups in total. The van der Waals surface area contributed by atoms with Crippen LogP contribution in [0.1, 0.15) is 248 Å². The second-order valence-electron chi connectivity index (χ2n) is 36.5. The minimum Gasteiger partial charge on any atom is -0.457 e. The molecule has 127 heavy (non-hydrogen) atoms. The Bertz CT molecular complexity index is 6630. The zero-order valence-electron chi connectivity index (χ0n) is 75.3. The van der Waals surface area contributed by atoms with E-state index in [2.05, 4.69) is 123 Å². The van der Waals surface area contributed by atoms with Crippen LogP contribution in [-0.4, -0.2) is 51.2 Å². The predicted octanol–water partition coefficient (Wildman–Crippen LogP) is 30.0. The lowest BCUT2D eigenvalue weighted by molar-refractivity contribution is 0.0877. The molecule has 0 fully saturated rings. The third-order valence-electron chi connectivity index (χ3n) is 28.4. The Morgan fingerprint density at radius 2 is 0.772 bits per heavy atom. The van der Waals surface area contributed by atoms with Crippen LogP contribution >= 0.6 is 58.2 Å². The molecule has 0 spiro atoms. The number of thiol groups is 1. The van der Waals surface area contributed by atoms with Gasteiger partial charge in [0.2, 0.25) is 0 Å². The summed E-state index contributed by atoms with van der Waals surface area (Å²) < 4.78 is 18.9. The van der Waals surface area contributed by atoms with Gasteiger partial charge in [-0.25, -0.2) is 14.2 Å². The number of benzene rings is 9. The molecule has 0 saturated carbocycles. The van der Waals surface area contributed by atoms with E-state index in [-0.39, 0.29) is 5.56 Å². The van der Waals surface area contributed by atoms with Gasteiger partial charge in [0, 0.05) is 93.6 Å². The van der Waals surface area contributed by atoms with E-state index in [4.69, 9.17) is 26.7 Å². The van der Waals surface area contributed by atoms with Gasteiger partial charge in [-0.15, -0.1) is 45.3 Å². The number of hydrogen-bond acceptors (Lipinski definition) is 13. The molecule has 18 rings (SSSR count). The minimum absolute atomic E-state index is 0.288. The molecule has 0 saturated heterocycles. The number of carbonyl (C=O) groups excluding carboxylic acids is 4.